The van der Waals surface area contributed by atoms with Crippen LogP contribution in [-0.2, 0) is 6.42 Å². The Morgan fingerprint density at radius 1 is 1.12 bits per heavy atom. The lowest BCUT2D eigenvalue weighted by Crippen LogP contribution is -1.89. The average molecular weight is 245 g/mol. The topological polar surface area (TPSA) is 54.5 Å². The SMILES string of the molecule is Clc1ncc2[nH]c(Cc3ccccc3)nc2n1. The Morgan fingerprint density at radius 2 is 1.94 bits per heavy atom. The van der Waals surface area contributed by atoms with Crippen LogP contribution in [0.5, 0.6) is 0 Å². The summed E-state index contributed by atoms with van der Waals surface area (Å²) in [5.41, 5.74) is 2.61. The smallest absolute Gasteiger partial charge is 0.224 e. The molecule has 0 saturated heterocycles. The third kappa shape index (κ3) is 2.12. The summed E-state index contributed by atoms with van der Waals surface area (Å²) in [7, 11) is 0. The van der Waals surface area contributed by atoms with Gasteiger partial charge in [0.05, 0.1) is 6.20 Å². The van der Waals surface area contributed by atoms with Crippen molar-refractivity contribution in [2.24, 2.45) is 0 Å². The summed E-state index contributed by atoms with van der Waals surface area (Å²) in [4.78, 5) is 15.5. The molecular formula is C12H9ClN4. The van der Waals surface area contributed by atoms with Gasteiger partial charge in [-0.2, -0.15) is 4.98 Å². The van der Waals surface area contributed by atoms with Crippen LogP contribution >= 0.6 is 11.6 Å². The molecule has 0 aliphatic heterocycles. The van der Waals surface area contributed by atoms with E-state index in [-0.39, 0.29) is 5.28 Å². The monoisotopic (exact) mass is 244 g/mol. The number of imidazole rings is 1. The van der Waals surface area contributed by atoms with Gasteiger partial charge >= 0.3 is 0 Å². The lowest BCUT2D eigenvalue weighted by molar-refractivity contribution is 1.03. The molecule has 4 nitrogen and oxygen atoms in total. The summed E-state index contributed by atoms with van der Waals surface area (Å²) in [6, 6.07) is 10.1. The molecule has 0 aliphatic carbocycles. The number of nitrogens with zero attached hydrogens (tertiary/aromatic N) is 3. The van der Waals surface area contributed by atoms with Gasteiger partial charge < -0.3 is 4.98 Å². The van der Waals surface area contributed by atoms with E-state index in [0.29, 0.717) is 5.65 Å². The summed E-state index contributed by atoms with van der Waals surface area (Å²) in [6.45, 7) is 0. The Balaban J connectivity index is 1.96. The lowest BCUT2D eigenvalue weighted by Gasteiger charge is -1.95. The van der Waals surface area contributed by atoms with E-state index < -0.39 is 0 Å². The molecule has 3 aromatic rings. The van der Waals surface area contributed by atoms with Crippen LogP contribution in [0.15, 0.2) is 36.5 Å². The van der Waals surface area contributed by atoms with Gasteiger partial charge in [-0.1, -0.05) is 30.3 Å². The normalized spacial score (nSPS) is 10.9. The number of nitrogens with one attached hydrogen (secondary N) is 1. The van der Waals surface area contributed by atoms with Gasteiger partial charge in [0, 0.05) is 6.42 Å². The minimum atomic E-state index is 0.218. The molecule has 0 bridgehead atoms. The second-order valence-corrected chi connectivity index (χ2v) is 4.06. The van der Waals surface area contributed by atoms with Gasteiger partial charge in [-0.05, 0) is 17.2 Å². The van der Waals surface area contributed by atoms with Crippen LogP contribution in [0, 0.1) is 0 Å². The highest BCUT2D eigenvalue weighted by Crippen LogP contribution is 2.12. The molecule has 5 heteroatoms. The zero-order valence-corrected chi connectivity index (χ0v) is 9.65. The second-order valence-electron chi connectivity index (χ2n) is 3.72. The minimum absolute atomic E-state index is 0.218. The standard InChI is InChI=1S/C12H9ClN4/c13-12-14-7-9-11(17-12)16-10(15-9)6-8-4-2-1-3-5-8/h1-5,7H,6H2,(H,14,15,16,17). The van der Waals surface area contributed by atoms with Crippen LogP contribution in [0.2, 0.25) is 5.28 Å². The summed E-state index contributed by atoms with van der Waals surface area (Å²) in [5.74, 6) is 0.864. The molecule has 0 radical (unpaired) electrons. The van der Waals surface area contributed by atoms with Gasteiger partial charge in [-0.15, -0.1) is 0 Å². The van der Waals surface area contributed by atoms with E-state index in [1.807, 2.05) is 18.2 Å². The third-order valence-electron chi connectivity index (χ3n) is 2.47. The van der Waals surface area contributed by atoms with E-state index in [4.69, 9.17) is 11.6 Å². The van der Waals surface area contributed by atoms with Crippen molar-refractivity contribution in [3.63, 3.8) is 0 Å². The third-order valence-corrected chi connectivity index (χ3v) is 2.66. The van der Waals surface area contributed by atoms with Crippen LogP contribution in [-0.4, -0.2) is 19.9 Å². The van der Waals surface area contributed by atoms with Crippen molar-refractivity contribution in [3.05, 3.63) is 53.2 Å². The highest BCUT2D eigenvalue weighted by molar-refractivity contribution is 6.28. The molecule has 2 aromatic heterocycles. The summed E-state index contributed by atoms with van der Waals surface area (Å²) < 4.78 is 0. The number of aromatic amines is 1. The Kier molecular flexibility index (Phi) is 2.49. The lowest BCUT2D eigenvalue weighted by atomic mass is 10.1. The Bertz CT molecular complexity index is 648. The Labute approximate surface area is 103 Å². The number of fused-ring (bicyclic) bond motifs is 1. The van der Waals surface area contributed by atoms with Gasteiger partial charge in [0.25, 0.3) is 0 Å². The zero-order valence-electron chi connectivity index (χ0n) is 8.89. The highest BCUT2D eigenvalue weighted by atomic mass is 35.5. The predicted molar refractivity (Wildman–Crippen MR) is 65.9 cm³/mol. The first-order valence-corrected chi connectivity index (χ1v) is 5.60. The average Bonchev–Trinajstić information content (AvgIpc) is 2.71. The molecular weight excluding hydrogens is 236 g/mol. The number of hydrogen-bond donors (Lipinski definition) is 1. The number of aromatic nitrogens is 4. The molecule has 1 N–H and O–H groups in total. The van der Waals surface area contributed by atoms with Gasteiger partial charge in [0.1, 0.15) is 11.3 Å². The van der Waals surface area contributed by atoms with E-state index >= 15 is 0 Å². The van der Waals surface area contributed by atoms with Crippen molar-refractivity contribution in [2.75, 3.05) is 0 Å². The molecule has 84 valence electrons. The molecule has 0 atom stereocenters. The van der Waals surface area contributed by atoms with Crippen LogP contribution in [0.1, 0.15) is 11.4 Å². The van der Waals surface area contributed by atoms with E-state index in [0.717, 1.165) is 17.8 Å². The molecule has 2 heterocycles. The van der Waals surface area contributed by atoms with Crippen molar-refractivity contribution in [1.82, 2.24) is 19.9 Å². The quantitative estimate of drug-likeness (QED) is 0.705. The molecule has 0 unspecified atom stereocenters. The maximum Gasteiger partial charge on any atom is 0.224 e. The first-order valence-electron chi connectivity index (χ1n) is 5.22. The van der Waals surface area contributed by atoms with Crippen molar-refractivity contribution in [2.45, 2.75) is 6.42 Å². The molecule has 3 rings (SSSR count). The summed E-state index contributed by atoms with van der Waals surface area (Å²) >= 11 is 5.71. The molecule has 0 amide bonds. The molecule has 0 saturated carbocycles. The molecule has 0 fully saturated rings. The van der Waals surface area contributed by atoms with Gasteiger partial charge in [0.15, 0.2) is 5.65 Å². The first kappa shape index (κ1) is 10.2. The Hall–Kier alpha value is -1.94. The van der Waals surface area contributed by atoms with E-state index in [1.165, 1.54) is 5.56 Å². The van der Waals surface area contributed by atoms with E-state index in [1.54, 1.807) is 6.20 Å². The first-order chi connectivity index (χ1) is 8.31. The van der Waals surface area contributed by atoms with Crippen molar-refractivity contribution < 1.29 is 0 Å². The van der Waals surface area contributed by atoms with E-state index in [9.17, 15) is 0 Å². The number of hydrogen-bond acceptors (Lipinski definition) is 3. The van der Waals surface area contributed by atoms with E-state index in [2.05, 4.69) is 32.1 Å². The second kappa shape index (κ2) is 4.14. The number of rotatable bonds is 2. The molecule has 1 aromatic carbocycles. The molecule has 17 heavy (non-hydrogen) atoms. The maximum absolute atomic E-state index is 5.71. The highest BCUT2D eigenvalue weighted by Gasteiger charge is 2.05. The fourth-order valence-corrected chi connectivity index (χ4v) is 1.84. The van der Waals surface area contributed by atoms with Crippen molar-refractivity contribution in [1.29, 1.82) is 0 Å². The minimum Gasteiger partial charge on any atom is -0.339 e. The number of H-pyrrole nitrogens is 1. The largest absolute Gasteiger partial charge is 0.339 e. The van der Waals surface area contributed by atoms with Gasteiger partial charge in [-0.3, -0.25) is 0 Å². The van der Waals surface area contributed by atoms with Crippen LogP contribution < -0.4 is 0 Å². The summed E-state index contributed by atoms with van der Waals surface area (Å²) in [6.07, 6.45) is 2.39. The number of halogens is 1. The van der Waals surface area contributed by atoms with Crippen molar-refractivity contribution in [3.8, 4) is 0 Å². The number of benzene rings is 1. The van der Waals surface area contributed by atoms with Crippen molar-refractivity contribution >= 4 is 22.8 Å². The molecule has 0 aliphatic rings. The van der Waals surface area contributed by atoms with Crippen LogP contribution in [0.3, 0.4) is 0 Å². The van der Waals surface area contributed by atoms with Gasteiger partial charge in [-0.25, -0.2) is 9.97 Å². The Morgan fingerprint density at radius 3 is 2.76 bits per heavy atom. The predicted octanol–water partition coefficient (Wildman–Crippen LogP) is 2.60. The fourth-order valence-electron chi connectivity index (χ4n) is 1.71. The van der Waals surface area contributed by atoms with Gasteiger partial charge in [0.2, 0.25) is 5.28 Å². The van der Waals surface area contributed by atoms with Crippen LogP contribution in [0.4, 0.5) is 0 Å². The zero-order chi connectivity index (χ0) is 11.7. The fraction of sp³-hybridized carbons (Fsp3) is 0.0833. The molecule has 0 spiro atoms. The maximum atomic E-state index is 5.71. The van der Waals surface area contributed by atoms with Crippen LogP contribution in [0.25, 0.3) is 11.2 Å². The summed E-state index contributed by atoms with van der Waals surface area (Å²) in [5, 5.41) is 0.218.